The van der Waals surface area contributed by atoms with Crippen LogP contribution in [0, 0.1) is 18.2 Å². The predicted molar refractivity (Wildman–Crippen MR) is 37.4 cm³/mol. The number of carbonyl (C=O) groups excluding carboxylic acids is 1. The van der Waals surface area contributed by atoms with Crippen molar-refractivity contribution in [2.24, 2.45) is 0 Å². The van der Waals surface area contributed by atoms with E-state index in [1.54, 1.807) is 0 Å². The summed E-state index contributed by atoms with van der Waals surface area (Å²) in [6.07, 6.45) is 5.76. The van der Waals surface area contributed by atoms with Crippen molar-refractivity contribution in [3.63, 3.8) is 0 Å². The molecule has 0 radical (unpaired) electrons. The zero-order valence-electron chi connectivity index (χ0n) is 5.54. The number of rotatable bonds is 1. The quantitative estimate of drug-likeness (QED) is 0.339. The molecule has 0 N–H and O–H groups in total. The van der Waals surface area contributed by atoms with Crippen molar-refractivity contribution in [3.8, 4) is 12.3 Å². The summed E-state index contributed by atoms with van der Waals surface area (Å²) in [5.41, 5.74) is 0.0916. The van der Waals surface area contributed by atoms with Gasteiger partial charge in [-0.3, -0.25) is 4.79 Å². The van der Waals surface area contributed by atoms with E-state index in [9.17, 15) is 9.18 Å². The van der Waals surface area contributed by atoms with Gasteiger partial charge in [0.1, 0.15) is 11.5 Å². The fraction of sp³-hybridized carbons (Fsp3) is 0. The molecule has 3 heteroatoms. The van der Waals surface area contributed by atoms with E-state index in [0.29, 0.717) is 0 Å². The number of ketones is 1. The smallest absolute Gasteiger partial charge is 0.253 e. The fourth-order valence-electron chi connectivity index (χ4n) is 0.584. The molecular formula is C8H4FNO. The highest BCUT2D eigenvalue weighted by molar-refractivity contribution is 6.07. The zero-order chi connectivity index (χ0) is 8.27. The van der Waals surface area contributed by atoms with Gasteiger partial charge >= 0.3 is 0 Å². The van der Waals surface area contributed by atoms with E-state index in [0.717, 1.165) is 12.3 Å². The van der Waals surface area contributed by atoms with E-state index in [1.807, 2.05) is 5.92 Å². The average Bonchev–Trinajstić information content (AvgIpc) is 2.05. The van der Waals surface area contributed by atoms with Gasteiger partial charge in [0.2, 0.25) is 0 Å². The van der Waals surface area contributed by atoms with Gasteiger partial charge in [0, 0.05) is 0 Å². The van der Waals surface area contributed by atoms with Gasteiger partial charge in [-0.15, -0.1) is 6.42 Å². The van der Waals surface area contributed by atoms with Crippen molar-refractivity contribution in [1.82, 2.24) is 4.98 Å². The first-order valence-corrected chi connectivity index (χ1v) is 2.86. The molecule has 0 saturated carbocycles. The second kappa shape index (κ2) is 2.93. The first kappa shape index (κ1) is 7.42. The number of hydrogen-bond donors (Lipinski definition) is 0. The number of hydrogen-bond acceptors (Lipinski definition) is 2. The highest BCUT2D eigenvalue weighted by Crippen LogP contribution is 1.97. The topological polar surface area (TPSA) is 30.0 Å². The number of nitrogens with zero attached hydrogens (tertiary/aromatic N) is 1. The average molecular weight is 149 g/mol. The van der Waals surface area contributed by atoms with Gasteiger partial charge in [0.05, 0.1) is 6.20 Å². The molecule has 11 heavy (non-hydrogen) atoms. The Morgan fingerprint density at radius 1 is 1.64 bits per heavy atom. The lowest BCUT2D eigenvalue weighted by molar-refractivity contribution is 0.105. The molecule has 0 aliphatic heterocycles. The number of aromatic nitrogens is 1. The second-order valence-corrected chi connectivity index (χ2v) is 1.84. The van der Waals surface area contributed by atoms with Crippen LogP contribution in [0.5, 0.6) is 0 Å². The van der Waals surface area contributed by atoms with Crippen LogP contribution >= 0.6 is 0 Å². The SMILES string of the molecule is C#CC(=O)c1ccc(F)cn1. The lowest BCUT2D eigenvalue weighted by Gasteiger charge is -1.90. The van der Waals surface area contributed by atoms with Gasteiger partial charge in [0.25, 0.3) is 5.78 Å². The van der Waals surface area contributed by atoms with Crippen molar-refractivity contribution >= 4 is 5.78 Å². The van der Waals surface area contributed by atoms with E-state index >= 15 is 0 Å². The van der Waals surface area contributed by atoms with Gasteiger partial charge in [0.15, 0.2) is 0 Å². The number of halogens is 1. The minimum Gasteiger partial charge on any atom is -0.277 e. The molecule has 1 aromatic rings. The molecule has 0 bridgehead atoms. The van der Waals surface area contributed by atoms with Crippen molar-refractivity contribution in [2.45, 2.75) is 0 Å². The van der Waals surface area contributed by atoms with Crippen molar-refractivity contribution in [2.75, 3.05) is 0 Å². The lowest BCUT2D eigenvalue weighted by atomic mass is 10.2. The molecule has 0 saturated heterocycles. The fourth-order valence-corrected chi connectivity index (χ4v) is 0.584. The Labute approximate surface area is 63.1 Å². The van der Waals surface area contributed by atoms with Crippen LogP contribution in [0.15, 0.2) is 18.3 Å². The molecule has 1 rings (SSSR count). The number of carbonyl (C=O) groups is 1. The van der Waals surface area contributed by atoms with Crippen molar-refractivity contribution < 1.29 is 9.18 Å². The summed E-state index contributed by atoms with van der Waals surface area (Å²) in [4.78, 5) is 14.2. The summed E-state index contributed by atoms with van der Waals surface area (Å²) >= 11 is 0. The summed E-state index contributed by atoms with van der Waals surface area (Å²) in [6.45, 7) is 0. The van der Waals surface area contributed by atoms with Crippen LogP contribution < -0.4 is 0 Å². The molecule has 0 spiro atoms. The zero-order valence-corrected chi connectivity index (χ0v) is 5.54. The van der Waals surface area contributed by atoms with Gasteiger partial charge in [-0.05, 0) is 18.1 Å². The standard InChI is InChI=1S/C8H4FNO/c1-2-8(11)7-4-3-6(9)5-10-7/h1,3-5H. The molecule has 0 aromatic carbocycles. The van der Waals surface area contributed by atoms with Gasteiger partial charge in [-0.1, -0.05) is 0 Å². The molecule has 1 aromatic heterocycles. The van der Waals surface area contributed by atoms with Crippen LogP contribution in [-0.2, 0) is 0 Å². The van der Waals surface area contributed by atoms with Crippen LogP contribution in [0.1, 0.15) is 10.5 Å². The van der Waals surface area contributed by atoms with Crippen molar-refractivity contribution in [1.29, 1.82) is 0 Å². The minimum atomic E-state index is -0.537. The molecule has 0 amide bonds. The summed E-state index contributed by atoms with van der Waals surface area (Å²) in [5, 5.41) is 0. The first-order valence-electron chi connectivity index (χ1n) is 2.86. The Kier molecular flexibility index (Phi) is 1.98. The maximum absolute atomic E-state index is 12.2. The van der Waals surface area contributed by atoms with Gasteiger partial charge in [-0.2, -0.15) is 0 Å². The Morgan fingerprint density at radius 3 is 2.82 bits per heavy atom. The van der Waals surface area contributed by atoms with Crippen LogP contribution in [0.2, 0.25) is 0 Å². The Balaban J connectivity index is 3.01. The molecule has 2 nitrogen and oxygen atoms in total. The summed E-state index contributed by atoms with van der Waals surface area (Å²) in [5.74, 6) is 0.852. The number of terminal acetylenes is 1. The Bertz CT molecular complexity index is 310. The lowest BCUT2D eigenvalue weighted by Crippen LogP contribution is -1.97. The number of Topliss-reactive ketones (excluding diaryl/α,β-unsaturated/α-hetero) is 1. The van der Waals surface area contributed by atoms with Gasteiger partial charge in [-0.25, -0.2) is 9.37 Å². The monoisotopic (exact) mass is 149 g/mol. The molecule has 0 aliphatic carbocycles. The van der Waals surface area contributed by atoms with E-state index < -0.39 is 11.6 Å². The van der Waals surface area contributed by atoms with E-state index in [2.05, 4.69) is 4.98 Å². The largest absolute Gasteiger partial charge is 0.277 e. The maximum Gasteiger partial charge on any atom is 0.253 e. The van der Waals surface area contributed by atoms with E-state index in [-0.39, 0.29) is 5.69 Å². The molecule has 1 heterocycles. The summed E-state index contributed by atoms with van der Waals surface area (Å²) in [7, 11) is 0. The second-order valence-electron chi connectivity index (χ2n) is 1.84. The Hall–Kier alpha value is -1.69. The van der Waals surface area contributed by atoms with Crippen LogP contribution in [-0.4, -0.2) is 10.8 Å². The van der Waals surface area contributed by atoms with Crippen LogP contribution in [0.4, 0.5) is 4.39 Å². The maximum atomic E-state index is 12.2. The molecule has 54 valence electrons. The molecule has 0 aliphatic rings. The normalized spacial score (nSPS) is 8.73. The highest BCUT2D eigenvalue weighted by Gasteiger charge is 2.01. The highest BCUT2D eigenvalue weighted by atomic mass is 19.1. The predicted octanol–water partition coefficient (Wildman–Crippen LogP) is 1.04. The Morgan fingerprint density at radius 2 is 2.36 bits per heavy atom. The van der Waals surface area contributed by atoms with Gasteiger partial charge < -0.3 is 0 Å². The third-order valence-corrected chi connectivity index (χ3v) is 1.09. The third kappa shape index (κ3) is 1.62. The molecular weight excluding hydrogens is 145 g/mol. The van der Waals surface area contributed by atoms with E-state index in [4.69, 9.17) is 6.42 Å². The third-order valence-electron chi connectivity index (χ3n) is 1.09. The first-order chi connectivity index (χ1) is 5.24. The van der Waals surface area contributed by atoms with Crippen LogP contribution in [0.3, 0.4) is 0 Å². The van der Waals surface area contributed by atoms with E-state index in [1.165, 1.54) is 6.07 Å². The molecule has 0 unspecified atom stereocenters. The van der Waals surface area contributed by atoms with Crippen LogP contribution in [0.25, 0.3) is 0 Å². The summed E-state index contributed by atoms with van der Waals surface area (Å²) < 4.78 is 12.2. The summed E-state index contributed by atoms with van der Waals surface area (Å²) in [6, 6.07) is 2.38. The molecule has 0 atom stereocenters. The minimum absolute atomic E-state index is 0.0916. The van der Waals surface area contributed by atoms with Crippen molar-refractivity contribution in [3.05, 3.63) is 29.8 Å². The number of pyridine rings is 1. The molecule has 0 fully saturated rings.